The summed E-state index contributed by atoms with van der Waals surface area (Å²) in [6, 6.07) is 7.49. The summed E-state index contributed by atoms with van der Waals surface area (Å²) in [6.45, 7) is 7.71. The first-order valence-electron chi connectivity index (χ1n) is 8.47. The van der Waals surface area contributed by atoms with Crippen molar-refractivity contribution in [2.45, 2.75) is 52.2 Å². The predicted molar refractivity (Wildman–Crippen MR) is 97.8 cm³/mol. The van der Waals surface area contributed by atoms with Crippen molar-refractivity contribution in [3.63, 3.8) is 0 Å². The molecule has 0 saturated heterocycles. The second-order valence-corrected chi connectivity index (χ2v) is 7.17. The SMILES string of the molecule is COc1ccc(CCC(=O)N(C)C[C@H](C)NC(=O)OC(C)(C)C)cc1. The van der Waals surface area contributed by atoms with Crippen LogP contribution in [0.5, 0.6) is 5.75 Å². The zero-order valence-corrected chi connectivity index (χ0v) is 16.1. The molecule has 25 heavy (non-hydrogen) atoms. The molecular weight excluding hydrogens is 320 g/mol. The summed E-state index contributed by atoms with van der Waals surface area (Å²) in [5.74, 6) is 0.836. The summed E-state index contributed by atoms with van der Waals surface area (Å²) in [5, 5.41) is 2.74. The molecule has 6 heteroatoms. The summed E-state index contributed by atoms with van der Waals surface area (Å²) in [4.78, 5) is 25.6. The van der Waals surface area contributed by atoms with Crippen LogP contribution >= 0.6 is 0 Å². The summed E-state index contributed by atoms with van der Waals surface area (Å²) in [6.07, 6.45) is 0.613. The fraction of sp³-hybridized carbons (Fsp3) is 0.579. The smallest absolute Gasteiger partial charge is 0.407 e. The Hall–Kier alpha value is -2.24. The van der Waals surface area contributed by atoms with Gasteiger partial charge in [-0.1, -0.05) is 12.1 Å². The largest absolute Gasteiger partial charge is 0.497 e. The van der Waals surface area contributed by atoms with Gasteiger partial charge in [-0.05, 0) is 51.8 Å². The van der Waals surface area contributed by atoms with Crippen molar-refractivity contribution in [2.24, 2.45) is 0 Å². The molecule has 0 unspecified atom stereocenters. The van der Waals surface area contributed by atoms with Gasteiger partial charge in [0.2, 0.25) is 5.91 Å². The first-order chi connectivity index (χ1) is 11.6. The Morgan fingerprint density at radius 3 is 2.32 bits per heavy atom. The monoisotopic (exact) mass is 350 g/mol. The van der Waals surface area contributed by atoms with Gasteiger partial charge in [-0.2, -0.15) is 0 Å². The number of carbonyl (C=O) groups is 2. The lowest BCUT2D eigenvalue weighted by molar-refractivity contribution is -0.130. The van der Waals surface area contributed by atoms with E-state index >= 15 is 0 Å². The number of carbonyl (C=O) groups excluding carboxylic acids is 2. The second-order valence-electron chi connectivity index (χ2n) is 7.17. The molecule has 0 spiro atoms. The zero-order chi connectivity index (χ0) is 19.0. The number of rotatable bonds is 7. The van der Waals surface area contributed by atoms with E-state index in [4.69, 9.17) is 9.47 Å². The number of hydrogen-bond donors (Lipinski definition) is 1. The maximum atomic E-state index is 12.2. The Bertz CT molecular complexity index is 564. The molecule has 6 nitrogen and oxygen atoms in total. The Balaban J connectivity index is 2.38. The fourth-order valence-corrected chi connectivity index (χ4v) is 2.30. The third-order valence-corrected chi connectivity index (χ3v) is 3.52. The minimum absolute atomic E-state index is 0.0358. The van der Waals surface area contributed by atoms with Crippen LogP contribution in [0.4, 0.5) is 4.79 Å². The van der Waals surface area contributed by atoms with Crippen LogP contribution in [0.1, 0.15) is 39.7 Å². The van der Waals surface area contributed by atoms with Crippen LogP contribution in [0.25, 0.3) is 0 Å². The topological polar surface area (TPSA) is 67.9 Å². The lowest BCUT2D eigenvalue weighted by Gasteiger charge is -2.25. The van der Waals surface area contributed by atoms with Crippen molar-refractivity contribution >= 4 is 12.0 Å². The highest BCUT2D eigenvalue weighted by Crippen LogP contribution is 2.13. The number of nitrogens with zero attached hydrogens (tertiary/aromatic N) is 1. The van der Waals surface area contributed by atoms with E-state index in [1.165, 1.54) is 0 Å². The number of benzene rings is 1. The first-order valence-corrected chi connectivity index (χ1v) is 8.47. The van der Waals surface area contributed by atoms with E-state index in [-0.39, 0.29) is 11.9 Å². The number of ether oxygens (including phenoxy) is 2. The molecule has 1 atom stereocenters. The van der Waals surface area contributed by atoms with Crippen LogP contribution < -0.4 is 10.1 Å². The molecule has 1 N–H and O–H groups in total. The molecule has 0 aromatic heterocycles. The summed E-state index contributed by atoms with van der Waals surface area (Å²) < 4.78 is 10.3. The summed E-state index contributed by atoms with van der Waals surface area (Å²) >= 11 is 0. The Morgan fingerprint density at radius 1 is 1.20 bits per heavy atom. The number of likely N-dealkylation sites (N-methyl/N-ethyl adjacent to an activating group) is 1. The summed E-state index contributed by atoms with van der Waals surface area (Å²) in [5.41, 5.74) is 0.548. The molecule has 140 valence electrons. The van der Waals surface area contributed by atoms with Crippen molar-refractivity contribution in [1.29, 1.82) is 0 Å². The quantitative estimate of drug-likeness (QED) is 0.821. The van der Waals surface area contributed by atoms with E-state index in [9.17, 15) is 9.59 Å². The van der Waals surface area contributed by atoms with Crippen LogP contribution in [-0.2, 0) is 16.0 Å². The Labute approximate surface area is 150 Å². The van der Waals surface area contributed by atoms with Crippen LogP contribution in [0.2, 0.25) is 0 Å². The lowest BCUT2D eigenvalue weighted by Crippen LogP contribution is -2.44. The fourth-order valence-electron chi connectivity index (χ4n) is 2.30. The van der Waals surface area contributed by atoms with Crippen LogP contribution in [0.3, 0.4) is 0 Å². The number of methoxy groups -OCH3 is 1. The van der Waals surface area contributed by atoms with Gasteiger partial charge in [0.05, 0.1) is 7.11 Å². The van der Waals surface area contributed by atoms with Crippen molar-refractivity contribution < 1.29 is 19.1 Å². The molecule has 1 rings (SSSR count). The van der Waals surface area contributed by atoms with E-state index in [0.29, 0.717) is 19.4 Å². The molecule has 1 aromatic rings. The number of amides is 2. The molecule has 1 aromatic carbocycles. The summed E-state index contributed by atoms with van der Waals surface area (Å²) in [7, 11) is 3.36. The van der Waals surface area contributed by atoms with Gasteiger partial charge in [0.25, 0.3) is 0 Å². The van der Waals surface area contributed by atoms with E-state index < -0.39 is 11.7 Å². The zero-order valence-electron chi connectivity index (χ0n) is 16.1. The minimum atomic E-state index is -0.538. The Kier molecular flexibility index (Phi) is 7.74. The number of alkyl carbamates (subject to hydrolysis) is 1. The predicted octanol–water partition coefficient (Wildman–Crippen LogP) is 3.00. The lowest BCUT2D eigenvalue weighted by atomic mass is 10.1. The average molecular weight is 350 g/mol. The van der Waals surface area contributed by atoms with E-state index in [0.717, 1.165) is 11.3 Å². The van der Waals surface area contributed by atoms with Crippen molar-refractivity contribution in [3.8, 4) is 5.75 Å². The van der Waals surface area contributed by atoms with Gasteiger partial charge in [0, 0.05) is 26.1 Å². The number of hydrogen-bond acceptors (Lipinski definition) is 4. The van der Waals surface area contributed by atoms with Gasteiger partial charge in [-0.25, -0.2) is 4.79 Å². The van der Waals surface area contributed by atoms with Gasteiger partial charge >= 0.3 is 6.09 Å². The second kappa shape index (κ2) is 9.30. The molecule has 0 radical (unpaired) electrons. The standard InChI is InChI=1S/C19H30N2O4/c1-14(20-18(23)25-19(2,3)4)13-21(5)17(22)12-9-15-7-10-16(24-6)11-8-15/h7-8,10-11,14H,9,12-13H2,1-6H3,(H,20,23)/t14-/m0/s1. The first kappa shape index (κ1) is 20.8. The van der Waals surface area contributed by atoms with Crippen molar-refractivity contribution in [2.75, 3.05) is 20.7 Å². The molecule has 0 heterocycles. The molecule has 0 aliphatic heterocycles. The number of aryl methyl sites for hydroxylation is 1. The molecular formula is C19H30N2O4. The van der Waals surface area contributed by atoms with Crippen LogP contribution in [-0.4, -0.2) is 49.2 Å². The highest BCUT2D eigenvalue weighted by molar-refractivity contribution is 5.76. The maximum absolute atomic E-state index is 12.2. The van der Waals surface area contributed by atoms with Gasteiger partial charge in [0.1, 0.15) is 11.4 Å². The molecule has 0 bridgehead atoms. The molecule has 0 saturated carbocycles. The average Bonchev–Trinajstić information content (AvgIpc) is 2.50. The van der Waals surface area contributed by atoms with Gasteiger partial charge in [-0.15, -0.1) is 0 Å². The number of nitrogens with one attached hydrogen (secondary N) is 1. The third kappa shape index (κ3) is 8.42. The molecule has 0 aliphatic rings. The molecule has 0 fully saturated rings. The highest BCUT2D eigenvalue weighted by atomic mass is 16.6. The van der Waals surface area contributed by atoms with Crippen LogP contribution in [0.15, 0.2) is 24.3 Å². The highest BCUT2D eigenvalue weighted by Gasteiger charge is 2.19. The van der Waals surface area contributed by atoms with E-state index in [2.05, 4.69) is 5.32 Å². The minimum Gasteiger partial charge on any atom is -0.497 e. The maximum Gasteiger partial charge on any atom is 0.407 e. The van der Waals surface area contributed by atoms with Crippen molar-refractivity contribution in [1.82, 2.24) is 10.2 Å². The van der Waals surface area contributed by atoms with Gasteiger partial charge < -0.3 is 19.7 Å². The third-order valence-electron chi connectivity index (χ3n) is 3.52. The Morgan fingerprint density at radius 2 is 1.80 bits per heavy atom. The molecule has 2 amide bonds. The van der Waals surface area contributed by atoms with Crippen molar-refractivity contribution in [3.05, 3.63) is 29.8 Å². The van der Waals surface area contributed by atoms with E-state index in [1.807, 2.05) is 52.0 Å². The van der Waals surface area contributed by atoms with E-state index in [1.54, 1.807) is 19.1 Å². The normalized spacial score (nSPS) is 12.2. The van der Waals surface area contributed by atoms with Crippen LogP contribution in [0, 0.1) is 0 Å². The molecule has 0 aliphatic carbocycles. The van der Waals surface area contributed by atoms with Gasteiger partial charge in [0.15, 0.2) is 0 Å². The van der Waals surface area contributed by atoms with Gasteiger partial charge in [-0.3, -0.25) is 4.79 Å².